The number of hydrogen-bond acceptors (Lipinski definition) is 5. The average Bonchev–Trinajstić information content (AvgIpc) is 2.88. The van der Waals surface area contributed by atoms with Crippen LogP contribution in [-0.4, -0.2) is 50.6 Å². The molecule has 0 amide bonds. The van der Waals surface area contributed by atoms with Crippen LogP contribution in [0.2, 0.25) is 0 Å². The highest BCUT2D eigenvalue weighted by Crippen LogP contribution is 2.38. The van der Waals surface area contributed by atoms with E-state index in [0.29, 0.717) is 26.4 Å². The largest absolute Gasteiger partial charge is 0.370 e. The van der Waals surface area contributed by atoms with Gasteiger partial charge in [-0.05, 0) is 0 Å². The van der Waals surface area contributed by atoms with Crippen LogP contribution in [0, 0.1) is 5.92 Å². The molecule has 0 radical (unpaired) electrons. The Bertz CT molecular complexity index is 251. The van der Waals surface area contributed by atoms with Gasteiger partial charge >= 0.3 is 0 Å². The van der Waals surface area contributed by atoms with Crippen molar-refractivity contribution in [3.8, 4) is 0 Å². The quantitative estimate of drug-likeness (QED) is 0.544. The van der Waals surface area contributed by atoms with E-state index >= 15 is 0 Å². The van der Waals surface area contributed by atoms with E-state index < -0.39 is 5.79 Å². The third-order valence-corrected chi connectivity index (χ3v) is 3.23. The van der Waals surface area contributed by atoms with E-state index in [1.807, 2.05) is 0 Å². The molecule has 0 saturated carbocycles. The van der Waals surface area contributed by atoms with Gasteiger partial charge in [0.15, 0.2) is 0 Å². The van der Waals surface area contributed by atoms with Crippen molar-refractivity contribution < 1.29 is 19.0 Å². The van der Waals surface area contributed by atoms with Crippen molar-refractivity contribution in [2.24, 2.45) is 5.92 Å². The monoisotopic (exact) mass is 199 g/mol. The van der Waals surface area contributed by atoms with Gasteiger partial charge in [-0.15, -0.1) is 0 Å². The van der Waals surface area contributed by atoms with Gasteiger partial charge in [0.1, 0.15) is 12.9 Å². The fourth-order valence-electron chi connectivity index (χ4n) is 2.53. The zero-order chi connectivity index (χ0) is 9.60. The summed E-state index contributed by atoms with van der Waals surface area (Å²) in [5.41, 5.74) is 0. The number of rotatable bonds is 1. The van der Waals surface area contributed by atoms with Crippen LogP contribution in [0.5, 0.6) is 0 Å². The Hall–Kier alpha value is -0.490. The van der Waals surface area contributed by atoms with Gasteiger partial charge in [-0.1, -0.05) is 0 Å². The molecule has 0 aliphatic carbocycles. The maximum absolute atomic E-state index is 10.8. The molecular formula is C9H13NO4. The molecule has 14 heavy (non-hydrogen) atoms. The van der Waals surface area contributed by atoms with Gasteiger partial charge in [0.2, 0.25) is 5.79 Å². The normalized spacial score (nSPS) is 44.4. The summed E-state index contributed by atoms with van der Waals surface area (Å²) >= 11 is 0. The highest BCUT2D eigenvalue weighted by Gasteiger charge is 2.58. The zero-order valence-electron chi connectivity index (χ0n) is 7.77. The van der Waals surface area contributed by atoms with Gasteiger partial charge in [0.05, 0.1) is 31.3 Å². The molecule has 5 nitrogen and oxygen atoms in total. The molecule has 0 aromatic heterocycles. The predicted octanol–water partition coefficient (Wildman–Crippen LogP) is -1.08. The van der Waals surface area contributed by atoms with E-state index in [1.54, 1.807) is 0 Å². The van der Waals surface area contributed by atoms with E-state index in [0.717, 1.165) is 6.29 Å². The Morgan fingerprint density at radius 3 is 2.86 bits per heavy atom. The molecule has 3 saturated heterocycles. The molecule has 3 heterocycles. The fourth-order valence-corrected chi connectivity index (χ4v) is 2.53. The minimum atomic E-state index is -0.623. The lowest BCUT2D eigenvalue weighted by Crippen LogP contribution is -2.49. The molecule has 3 aliphatic heterocycles. The van der Waals surface area contributed by atoms with Crippen molar-refractivity contribution >= 4 is 6.29 Å². The second kappa shape index (κ2) is 3.00. The maximum Gasteiger partial charge on any atom is 0.210 e. The fraction of sp³-hybridized carbons (Fsp3) is 0.889. The summed E-state index contributed by atoms with van der Waals surface area (Å²) < 4.78 is 16.7. The molecule has 0 aromatic carbocycles. The number of carbonyl (C=O) groups excluding carboxylic acids is 1. The first-order valence-electron chi connectivity index (χ1n) is 4.94. The summed E-state index contributed by atoms with van der Waals surface area (Å²) in [6.45, 7) is 2.31. The predicted molar refractivity (Wildman–Crippen MR) is 45.7 cm³/mol. The van der Waals surface area contributed by atoms with Gasteiger partial charge in [-0.25, -0.2) is 0 Å². The van der Waals surface area contributed by atoms with E-state index in [1.165, 1.54) is 0 Å². The molecule has 3 aliphatic rings. The van der Waals surface area contributed by atoms with Crippen LogP contribution in [0.1, 0.15) is 0 Å². The second-order valence-electron chi connectivity index (χ2n) is 3.97. The number of nitrogens with one attached hydrogen (secondary N) is 1. The van der Waals surface area contributed by atoms with Crippen molar-refractivity contribution in [1.82, 2.24) is 5.32 Å². The Balaban J connectivity index is 1.84. The number of aldehydes is 1. The van der Waals surface area contributed by atoms with Crippen LogP contribution in [0.3, 0.4) is 0 Å². The van der Waals surface area contributed by atoms with E-state index in [9.17, 15) is 4.79 Å². The average molecular weight is 199 g/mol. The lowest BCUT2D eigenvalue weighted by atomic mass is 10.0. The number of carbonyl (C=O) groups is 1. The number of fused-ring (bicyclic) bond motifs is 2. The second-order valence-corrected chi connectivity index (χ2v) is 3.97. The van der Waals surface area contributed by atoms with Crippen LogP contribution in [0.15, 0.2) is 0 Å². The smallest absolute Gasteiger partial charge is 0.210 e. The Labute approximate surface area is 81.7 Å². The van der Waals surface area contributed by atoms with E-state index in [4.69, 9.17) is 14.2 Å². The van der Waals surface area contributed by atoms with Crippen LogP contribution in [-0.2, 0) is 19.0 Å². The molecule has 0 unspecified atom stereocenters. The van der Waals surface area contributed by atoms with Crippen LogP contribution in [0.25, 0.3) is 0 Å². The number of ether oxygens (including phenoxy) is 3. The molecule has 5 heteroatoms. The molecule has 78 valence electrons. The maximum atomic E-state index is 10.8. The molecule has 3 atom stereocenters. The van der Waals surface area contributed by atoms with Crippen molar-refractivity contribution in [2.45, 2.75) is 17.9 Å². The summed E-state index contributed by atoms with van der Waals surface area (Å²) in [7, 11) is 0. The van der Waals surface area contributed by atoms with Gasteiger partial charge in [-0.3, -0.25) is 0 Å². The molecule has 0 aromatic rings. The van der Waals surface area contributed by atoms with Crippen LogP contribution in [0.4, 0.5) is 0 Å². The Morgan fingerprint density at radius 2 is 2.14 bits per heavy atom. The third-order valence-electron chi connectivity index (χ3n) is 3.23. The zero-order valence-corrected chi connectivity index (χ0v) is 7.77. The highest BCUT2D eigenvalue weighted by molar-refractivity contribution is 5.56. The standard InChI is InChI=1S/C9H13NO4/c11-4-6-3-10-8-7(6)12-5-9(8)13-1-2-14-9/h4,6-8,10H,1-3,5H2/t6-,7+,8-/m0/s1. The summed E-state index contributed by atoms with van der Waals surface area (Å²) in [6.07, 6.45) is 0.872. The molecule has 3 fully saturated rings. The van der Waals surface area contributed by atoms with Crippen molar-refractivity contribution in [3.63, 3.8) is 0 Å². The molecule has 3 rings (SSSR count). The Morgan fingerprint density at radius 1 is 1.36 bits per heavy atom. The lowest BCUT2D eigenvalue weighted by Gasteiger charge is -2.26. The summed E-state index contributed by atoms with van der Waals surface area (Å²) in [5.74, 6) is -0.685. The number of hydrogen-bond donors (Lipinski definition) is 1. The van der Waals surface area contributed by atoms with Crippen molar-refractivity contribution in [1.29, 1.82) is 0 Å². The van der Waals surface area contributed by atoms with Crippen molar-refractivity contribution in [2.75, 3.05) is 26.4 Å². The van der Waals surface area contributed by atoms with Gasteiger partial charge in [0, 0.05) is 6.54 Å². The van der Waals surface area contributed by atoms with Gasteiger partial charge in [0.25, 0.3) is 0 Å². The first-order valence-corrected chi connectivity index (χ1v) is 4.94. The van der Waals surface area contributed by atoms with E-state index in [-0.39, 0.29) is 18.1 Å². The third kappa shape index (κ3) is 1.01. The van der Waals surface area contributed by atoms with Gasteiger partial charge < -0.3 is 24.3 Å². The highest BCUT2D eigenvalue weighted by atomic mass is 16.8. The van der Waals surface area contributed by atoms with Crippen LogP contribution >= 0.6 is 0 Å². The van der Waals surface area contributed by atoms with Crippen molar-refractivity contribution in [3.05, 3.63) is 0 Å². The molecular weight excluding hydrogens is 186 g/mol. The Kier molecular flexibility index (Phi) is 1.88. The minimum Gasteiger partial charge on any atom is -0.370 e. The molecule has 1 N–H and O–H groups in total. The SMILES string of the molecule is O=C[C@@H]1CN[C@H]2[C@@H]1OCC21OCCO1. The first kappa shape index (κ1) is 8.79. The summed E-state index contributed by atoms with van der Waals surface area (Å²) in [5, 5.41) is 3.25. The first-order chi connectivity index (χ1) is 6.86. The lowest BCUT2D eigenvalue weighted by molar-refractivity contribution is -0.166. The van der Waals surface area contributed by atoms with Crippen LogP contribution < -0.4 is 5.32 Å². The summed E-state index contributed by atoms with van der Waals surface area (Å²) in [4.78, 5) is 10.8. The topological polar surface area (TPSA) is 56.8 Å². The summed E-state index contributed by atoms with van der Waals surface area (Å²) in [6, 6.07) is 0.0141. The minimum absolute atomic E-state index is 0.0141. The van der Waals surface area contributed by atoms with E-state index in [2.05, 4.69) is 5.32 Å². The molecule has 0 bridgehead atoms. The van der Waals surface area contributed by atoms with Gasteiger partial charge in [-0.2, -0.15) is 0 Å². The molecule has 1 spiro atoms.